The van der Waals surface area contributed by atoms with Gasteiger partial charge in [0.2, 0.25) is 0 Å². The number of ether oxygens (including phenoxy) is 2. The molecular weight excluding hydrogens is 458 g/mol. The zero-order valence-electron chi connectivity index (χ0n) is 17.5. The summed E-state index contributed by atoms with van der Waals surface area (Å²) in [6.45, 7) is 2.01. The highest BCUT2D eigenvalue weighted by Crippen LogP contribution is 2.44. The molecule has 5 nitrogen and oxygen atoms in total. The van der Waals surface area contributed by atoms with E-state index in [0.29, 0.717) is 17.6 Å². The van der Waals surface area contributed by atoms with E-state index in [4.69, 9.17) is 9.47 Å². The molecule has 0 aromatic heterocycles. The number of ketones is 1. The van der Waals surface area contributed by atoms with Crippen LogP contribution in [0.2, 0.25) is 0 Å². The van der Waals surface area contributed by atoms with Crippen molar-refractivity contribution in [1.82, 2.24) is 5.32 Å². The Morgan fingerprint density at radius 1 is 1.13 bits per heavy atom. The Morgan fingerprint density at radius 2 is 1.87 bits per heavy atom. The van der Waals surface area contributed by atoms with Crippen molar-refractivity contribution in [2.45, 2.75) is 38.7 Å². The number of rotatable bonds is 5. The molecule has 0 saturated heterocycles. The average Bonchev–Trinajstić information content (AvgIpc) is 2.77. The number of hydrogen-bond donors (Lipinski definition) is 1. The second-order valence-corrected chi connectivity index (χ2v) is 8.57. The highest BCUT2D eigenvalue weighted by atomic mass is 79.9. The third kappa shape index (κ3) is 4.30. The van der Waals surface area contributed by atoms with Gasteiger partial charge in [-0.25, -0.2) is 4.79 Å². The maximum atomic E-state index is 13.3. The molecule has 160 valence electrons. The Hall–Kier alpha value is -2.86. The topological polar surface area (TPSA) is 64.6 Å². The summed E-state index contributed by atoms with van der Waals surface area (Å²) in [6, 6.07) is 15.1. The molecule has 1 aliphatic heterocycles. The number of benzene rings is 2. The van der Waals surface area contributed by atoms with Gasteiger partial charge in [-0.3, -0.25) is 4.79 Å². The molecule has 1 heterocycles. The maximum Gasteiger partial charge on any atom is 0.337 e. The lowest BCUT2D eigenvalue weighted by molar-refractivity contribution is -0.140. The number of carbonyl (C=O) groups is 2. The molecule has 0 unspecified atom stereocenters. The van der Waals surface area contributed by atoms with Crippen molar-refractivity contribution in [3.63, 3.8) is 0 Å². The molecular formula is C25H24BrNO4. The zero-order valence-corrected chi connectivity index (χ0v) is 19.1. The highest BCUT2D eigenvalue weighted by Gasteiger charge is 2.39. The molecule has 0 spiro atoms. The van der Waals surface area contributed by atoms with Crippen LogP contribution in [0.1, 0.15) is 43.2 Å². The van der Waals surface area contributed by atoms with Gasteiger partial charge in [-0.2, -0.15) is 0 Å². The van der Waals surface area contributed by atoms with Crippen LogP contribution < -0.4 is 10.1 Å². The third-order valence-corrected chi connectivity index (χ3v) is 6.46. The van der Waals surface area contributed by atoms with E-state index in [1.54, 1.807) is 7.11 Å². The fourth-order valence-electron chi connectivity index (χ4n) is 4.22. The number of esters is 1. The Kier molecular flexibility index (Phi) is 6.28. The van der Waals surface area contributed by atoms with Gasteiger partial charge in [-0.1, -0.05) is 46.3 Å². The van der Waals surface area contributed by atoms with Crippen LogP contribution in [-0.2, 0) is 20.9 Å². The minimum absolute atomic E-state index is 0.0856. The predicted molar refractivity (Wildman–Crippen MR) is 121 cm³/mol. The molecule has 0 radical (unpaired) electrons. The van der Waals surface area contributed by atoms with Crippen molar-refractivity contribution >= 4 is 27.7 Å². The highest BCUT2D eigenvalue weighted by molar-refractivity contribution is 9.10. The van der Waals surface area contributed by atoms with Gasteiger partial charge >= 0.3 is 5.97 Å². The lowest BCUT2D eigenvalue weighted by Crippen LogP contribution is -2.34. The summed E-state index contributed by atoms with van der Waals surface area (Å²) in [6.07, 6.45) is 2.11. The van der Waals surface area contributed by atoms with Crippen LogP contribution in [-0.4, -0.2) is 18.9 Å². The van der Waals surface area contributed by atoms with Crippen LogP contribution in [0.4, 0.5) is 0 Å². The number of allylic oxidation sites excluding steroid dienone is 3. The molecule has 31 heavy (non-hydrogen) atoms. The molecule has 2 aromatic carbocycles. The van der Waals surface area contributed by atoms with Gasteiger partial charge in [-0.05, 0) is 49.1 Å². The van der Waals surface area contributed by atoms with Crippen molar-refractivity contribution < 1.29 is 19.1 Å². The Bertz CT molecular complexity index is 1080. The summed E-state index contributed by atoms with van der Waals surface area (Å²) >= 11 is 3.61. The number of halogens is 1. The molecule has 1 N–H and O–H groups in total. The van der Waals surface area contributed by atoms with Gasteiger partial charge in [0.15, 0.2) is 5.78 Å². The molecule has 0 saturated carbocycles. The number of carbonyl (C=O) groups excluding carboxylic acids is 2. The monoisotopic (exact) mass is 481 g/mol. The van der Waals surface area contributed by atoms with Gasteiger partial charge < -0.3 is 14.8 Å². The minimum atomic E-state index is -0.456. The number of hydrogen-bond acceptors (Lipinski definition) is 5. The van der Waals surface area contributed by atoms with Crippen molar-refractivity contribution in [2.75, 3.05) is 7.11 Å². The molecule has 6 heteroatoms. The first-order valence-electron chi connectivity index (χ1n) is 10.3. The van der Waals surface area contributed by atoms with E-state index in [0.717, 1.165) is 45.6 Å². The molecule has 2 aliphatic rings. The first kappa shape index (κ1) is 21.4. The summed E-state index contributed by atoms with van der Waals surface area (Å²) in [5.41, 5.74) is 4.56. The van der Waals surface area contributed by atoms with Crippen LogP contribution in [0.15, 0.2) is 75.5 Å². The number of nitrogens with one attached hydrogen (secondary N) is 1. The summed E-state index contributed by atoms with van der Waals surface area (Å²) < 4.78 is 11.7. The van der Waals surface area contributed by atoms with Crippen molar-refractivity contribution in [3.05, 3.63) is 86.7 Å². The van der Waals surface area contributed by atoms with Gasteiger partial charge in [0.25, 0.3) is 0 Å². The molecule has 1 atom stereocenters. The van der Waals surface area contributed by atoms with Crippen LogP contribution in [0.5, 0.6) is 5.75 Å². The smallest absolute Gasteiger partial charge is 0.337 e. The van der Waals surface area contributed by atoms with Crippen LogP contribution in [0.25, 0.3) is 0 Å². The van der Waals surface area contributed by atoms with Gasteiger partial charge in [0, 0.05) is 33.8 Å². The summed E-state index contributed by atoms with van der Waals surface area (Å²) in [5.74, 6) is -0.0497. The lowest BCUT2D eigenvalue weighted by Gasteiger charge is -2.34. The van der Waals surface area contributed by atoms with E-state index in [-0.39, 0.29) is 12.4 Å². The SMILES string of the molecule is COc1ccc(COC(=O)C2=C(C)NC3=C(C(=O)CCC3)[C@@H]2c2ccccc2Br)cc1. The van der Waals surface area contributed by atoms with Gasteiger partial charge in [0.1, 0.15) is 12.4 Å². The zero-order chi connectivity index (χ0) is 22.0. The molecule has 4 rings (SSSR count). The van der Waals surface area contributed by atoms with E-state index in [1.807, 2.05) is 55.5 Å². The van der Waals surface area contributed by atoms with Crippen LogP contribution >= 0.6 is 15.9 Å². The largest absolute Gasteiger partial charge is 0.497 e. The molecule has 1 aliphatic carbocycles. The quantitative estimate of drug-likeness (QED) is 0.596. The number of dihydropyridines is 1. The molecule has 0 fully saturated rings. The van der Waals surface area contributed by atoms with Crippen LogP contribution in [0, 0.1) is 0 Å². The number of Topliss-reactive ketones (excluding diaryl/α,β-unsaturated/α-hetero) is 1. The minimum Gasteiger partial charge on any atom is -0.497 e. The Balaban J connectivity index is 1.67. The second kappa shape index (κ2) is 9.10. The third-order valence-electron chi connectivity index (χ3n) is 5.74. The summed E-state index contributed by atoms with van der Waals surface area (Å²) in [5, 5.41) is 3.32. The molecule has 0 amide bonds. The predicted octanol–water partition coefficient (Wildman–Crippen LogP) is 5.17. The van der Waals surface area contributed by atoms with Gasteiger partial charge in [-0.15, -0.1) is 0 Å². The fourth-order valence-corrected chi connectivity index (χ4v) is 4.74. The van der Waals surface area contributed by atoms with E-state index in [2.05, 4.69) is 21.2 Å². The van der Waals surface area contributed by atoms with E-state index >= 15 is 0 Å². The average molecular weight is 482 g/mol. The Morgan fingerprint density at radius 3 is 2.58 bits per heavy atom. The number of methoxy groups -OCH3 is 1. The van der Waals surface area contributed by atoms with E-state index < -0.39 is 11.9 Å². The lowest BCUT2D eigenvalue weighted by atomic mass is 9.75. The summed E-state index contributed by atoms with van der Waals surface area (Å²) in [4.78, 5) is 26.2. The normalized spacial score (nSPS) is 18.4. The fraction of sp³-hybridized carbons (Fsp3) is 0.280. The maximum absolute atomic E-state index is 13.3. The molecule has 2 aromatic rings. The first-order chi connectivity index (χ1) is 15.0. The van der Waals surface area contributed by atoms with Crippen LogP contribution in [0.3, 0.4) is 0 Å². The van der Waals surface area contributed by atoms with Crippen molar-refractivity contribution in [1.29, 1.82) is 0 Å². The van der Waals surface area contributed by atoms with Gasteiger partial charge in [0.05, 0.1) is 12.7 Å². The van der Waals surface area contributed by atoms with Crippen molar-refractivity contribution in [2.24, 2.45) is 0 Å². The summed E-state index contributed by atoms with van der Waals surface area (Å²) in [7, 11) is 1.61. The standard InChI is InChI=1S/C25H24BrNO4/c1-15-22(25(29)31-14-16-10-12-17(30-2)13-11-16)23(18-6-3-4-7-19(18)26)24-20(27-15)8-5-9-21(24)28/h3-4,6-7,10-13,23,27H,5,8-9,14H2,1-2H3/t23-/m1/s1. The molecule has 0 bridgehead atoms. The Labute approximate surface area is 190 Å². The second-order valence-electron chi connectivity index (χ2n) is 7.71. The van der Waals surface area contributed by atoms with E-state index in [1.165, 1.54) is 0 Å². The van der Waals surface area contributed by atoms with Crippen molar-refractivity contribution in [3.8, 4) is 5.75 Å². The van der Waals surface area contributed by atoms with E-state index in [9.17, 15) is 9.59 Å². The first-order valence-corrected chi connectivity index (χ1v) is 11.1.